The minimum Gasteiger partial charge on any atom is -0.320 e. The molecule has 0 aliphatic heterocycles. The molecule has 0 saturated heterocycles. The van der Waals surface area contributed by atoms with Crippen LogP contribution in [0.4, 0.5) is 5.69 Å². The van der Waals surface area contributed by atoms with Crippen molar-refractivity contribution in [2.24, 2.45) is 0 Å². The Hall–Kier alpha value is -2.77. The molecule has 1 N–H and O–H groups in total. The van der Waals surface area contributed by atoms with Gasteiger partial charge in [-0.05, 0) is 49.2 Å². The smallest absolute Gasteiger partial charge is 0.255 e. The largest absolute Gasteiger partial charge is 0.320 e. The van der Waals surface area contributed by atoms with Gasteiger partial charge < -0.3 is 5.32 Å². The number of hydrogen-bond donors (Lipinski definition) is 1. The summed E-state index contributed by atoms with van der Waals surface area (Å²) in [5.41, 5.74) is 1.72. The second-order valence-electron chi connectivity index (χ2n) is 7.67. The first-order valence-corrected chi connectivity index (χ1v) is 11.6. The summed E-state index contributed by atoms with van der Waals surface area (Å²) < 4.78 is 27.4. The molecule has 1 aliphatic carbocycles. The molecule has 1 amide bonds. The van der Waals surface area contributed by atoms with E-state index in [0.717, 1.165) is 31.1 Å². The number of carbonyl (C=O) groups excluding carboxylic acids is 1. The molecule has 1 aliphatic rings. The summed E-state index contributed by atoms with van der Waals surface area (Å²) in [6.07, 6.45) is 6.77. The first-order chi connectivity index (χ1) is 14.5. The third-order valence-electron chi connectivity index (χ3n) is 5.76. The summed E-state index contributed by atoms with van der Waals surface area (Å²) >= 11 is 0. The van der Waals surface area contributed by atoms with Gasteiger partial charge in [0.25, 0.3) is 5.91 Å². The van der Waals surface area contributed by atoms with Crippen molar-refractivity contribution in [3.05, 3.63) is 66.4 Å². The zero-order valence-electron chi connectivity index (χ0n) is 16.9. The van der Waals surface area contributed by atoms with Gasteiger partial charge in [-0.25, -0.2) is 8.42 Å². The summed E-state index contributed by atoms with van der Waals surface area (Å²) in [5.74, 6) is -0.308. The van der Waals surface area contributed by atoms with Crippen LogP contribution >= 0.6 is 0 Å². The Kier molecular flexibility index (Phi) is 5.83. The van der Waals surface area contributed by atoms with Gasteiger partial charge >= 0.3 is 0 Å². The first kappa shape index (κ1) is 20.5. The van der Waals surface area contributed by atoms with Gasteiger partial charge in [0, 0.05) is 30.2 Å². The standard InChI is InChI=1S/C23H25N3O3S/c1-26(19-9-3-2-4-10-19)30(28,29)20-14-12-18(13-15-20)23(27)25-21-11-5-7-17-8-6-16-24-22(17)21/h5-8,11-16,19H,2-4,9-10H2,1H3,(H,25,27). The Balaban J connectivity index is 1.52. The van der Waals surface area contributed by atoms with Crippen molar-refractivity contribution in [1.82, 2.24) is 9.29 Å². The summed E-state index contributed by atoms with van der Waals surface area (Å²) in [4.78, 5) is 17.2. The Morgan fingerprint density at radius 1 is 1.00 bits per heavy atom. The topological polar surface area (TPSA) is 79.4 Å². The van der Waals surface area contributed by atoms with Crippen molar-refractivity contribution in [3.63, 3.8) is 0 Å². The van der Waals surface area contributed by atoms with E-state index in [1.807, 2.05) is 24.3 Å². The number of anilines is 1. The summed E-state index contributed by atoms with van der Waals surface area (Å²) in [7, 11) is -1.92. The fourth-order valence-electron chi connectivity index (χ4n) is 3.99. The lowest BCUT2D eigenvalue weighted by Crippen LogP contribution is -2.38. The van der Waals surface area contributed by atoms with Gasteiger partial charge in [-0.15, -0.1) is 0 Å². The molecular weight excluding hydrogens is 398 g/mol. The molecule has 1 fully saturated rings. The van der Waals surface area contributed by atoms with Crippen molar-refractivity contribution in [2.45, 2.75) is 43.0 Å². The number of sulfonamides is 1. The zero-order chi connectivity index (χ0) is 21.1. The monoisotopic (exact) mass is 423 g/mol. The van der Waals surface area contributed by atoms with Gasteiger partial charge in [-0.1, -0.05) is 37.5 Å². The predicted octanol–water partition coefficient (Wildman–Crippen LogP) is 4.44. The van der Waals surface area contributed by atoms with E-state index in [4.69, 9.17) is 0 Å². The minimum absolute atomic E-state index is 0.0468. The van der Waals surface area contributed by atoms with Crippen LogP contribution in [0, 0.1) is 0 Å². The van der Waals surface area contributed by atoms with E-state index in [9.17, 15) is 13.2 Å². The molecule has 1 aromatic heterocycles. The Morgan fingerprint density at radius 2 is 1.70 bits per heavy atom. The highest BCUT2D eigenvalue weighted by Crippen LogP contribution is 2.27. The number of fused-ring (bicyclic) bond motifs is 1. The van der Waals surface area contributed by atoms with Gasteiger partial charge in [0.05, 0.1) is 16.1 Å². The van der Waals surface area contributed by atoms with E-state index >= 15 is 0 Å². The minimum atomic E-state index is -3.58. The molecule has 2 aromatic carbocycles. The normalized spacial score (nSPS) is 15.4. The van der Waals surface area contributed by atoms with Gasteiger partial charge in [0.2, 0.25) is 10.0 Å². The number of aromatic nitrogens is 1. The number of nitrogens with one attached hydrogen (secondary N) is 1. The van der Waals surface area contributed by atoms with Gasteiger partial charge in [0.1, 0.15) is 0 Å². The molecule has 3 aromatic rings. The highest BCUT2D eigenvalue weighted by molar-refractivity contribution is 7.89. The number of hydrogen-bond acceptors (Lipinski definition) is 4. The predicted molar refractivity (Wildman–Crippen MR) is 118 cm³/mol. The van der Waals surface area contributed by atoms with Gasteiger partial charge in [-0.2, -0.15) is 4.31 Å². The van der Waals surface area contributed by atoms with Crippen LogP contribution < -0.4 is 5.32 Å². The van der Waals surface area contributed by atoms with Gasteiger partial charge in [0.15, 0.2) is 0 Å². The van der Waals surface area contributed by atoms with Crippen molar-refractivity contribution < 1.29 is 13.2 Å². The SMILES string of the molecule is CN(C1CCCCC1)S(=O)(=O)c1ccc(C(=O)Nc2cccc3cccnc23)cc1. The fourth-order valence-corrected chi connectivity index (χ4v) is 5.40. The number of nitrogens with zero attached hydrogens (tertiary/aromatic N) is 2. The van der Waals surface area contributed by atoms with Gasteiger partial charge in [-0.3, -0.25) is 9.78 Å². The van der Waals surface area contributed by atoms with Crippen LogP contribution in [0.3, 0.4) is 0 Å². The summed E-state index contributed by atoms with van der Waals surface area (Å²) in [6, 6.07) is 15.5. The summed E-state index contributed by atoms with van der Waals surface area (Å²) in [5, 5.41) is 3.81. The zero-order valence-corrected chi connectivity index (χ0v) is 17.7. The number of rotatable bonds is 5. The van der Waals surface area contributed by atoms with Crippen LogP contribution in [0.2, 0.25) is 0 Å². The highest BCUT2D eigenvalue weighted by atomic mass is 32.2. The van der Waals surface area contributed by atoms with Crippen molar-refractivity contribution in [1.29, 1.82) is 0 Å². The lowest BCUT2D eigenvalue weighted by Gasteiger charge is -2.30. The van der Waals surface area contributed by atoms with Crippen molar-refractivity contribution in [3.8, 4) is 0 Å². The molecule has 7 heteroatoms. The second kappa shape index (κ2) is 8.53. The maximum absolute atomic E-state index is 13.0. The van der Waals surface area contributed by atoms with E-state index in [1.54, 1.807) is 31.4 Å². The van der Waals surface area contributed by atoms with E-state index in [1.165, 1.54) is 22.9 Å². The summed E-state index contributed by atoms with van der Waals surface area (Å²) in [6.45, 7) is 0. The van der Waals surface area contributed by atoms with Crippen LogP contribution in [0.15, 0.2) is 65.7 Å². The maximum atomic E-state index is 13.0. The molecule has 6 nitrogen and oxygen atoms in total. The maximum Gasteiger partial charge on any atom is 0.255 e. The number of carbonyl (C=O) groups is 1. The molecule has 0 bridgehead atoms. The number of pyridine rings is 1. The van der Waals surface area contributed by atoms with Crippen LogP contribution in [-0.4, -0.2) is 36.7 Å². The van der Waals surface area contributed by atoms with Crippen LogP contribution in [-0.2, 0) is 10.0 Å². The Bertz CT molecular complexity index is 1150. The van der Waals surface area contributed by atoms with E-state index < -0.39 is 10.0 Å². The Labute approximate surface area is 177 Å². The molecule has 0 atom stereocenters. The number of amides is 1. The third kappa shape index (κ3) is 4.08. The van der Waals surface area contributed by atoms with Crippen molar-refractivity contribution in [2.75, 3.05) is 12.4 Å². The molecule has 156 valence electrons. The average Bonchev–Trinajstić information content (AvgIpc) is 2.79. The average molecular weight is 424 g/mol. The van der Waals surface area contributed by atoms with E-state index in [-0.39, 0.29) is 16.8 Å². The number of benzene rings is 2. The molecule has 30 heavy (non-hydrogen) atoms. The Morgan fingerprint density at radius 3 is 2.43 bits per heavy atom. The van der Waals surface area contributed by atoms with E-state index in [0.29, 0.717) is 16.8 Å². The second-order valence-corrected chi connectivity index (χ2v) is 9.67. The third-order valence-corrected chi connectivity index (χ3v) is 7.69. The first-order valence-electron chi connectivity index (χ1n) is 10.2. The fraction of sp³-hybridized carbons (Fsp3) is 0.304. The van der Waals surface area contributed by atoms with E-state index in [2.05, 4.69) is 10.3 Å². The lowest BCUT2D eigenvalue weighted by molar-refractivity contribution is 0.102. The molecule has 0 unspecified atom stereocenters. The van der Waals surface area contributed by atoms with Crippen molar-refractivity contribution >= 4 is 32.5 Å². The van der Waals surface area contributed by atoms with Crippen LogP contribution in [0.5, 0.6) is 0 Å². The molecule has 4 rings (SSSR count). The molecule has 0 spiro atoms. The van der Waals surface area contributed by atoms with Crippen LogP contribution in [0.25, 0.3) is 10.9 Å². The highest BCUT2D eigenvalue weighted by Gasteiger charge is 2.29. The quantitative estimate of drug-likeness (QED) is 0.658. The molecule has 1 heterocycles. The molecule has 1 saturated carbocycles. The molecule has 0 radical (unpaired) electrons. The van der Waals surface area contributed by atoms with Crippen LogP contribution in [0.1, 0.15) is 42.5 Å². The lowest BCUT2D eigenvalue weighted by atomic mass is 9.96. The number of para-hydroxylation sites is 1. The molecular formula is C23H25N3O3S.